The predicted molar refractivity (Wildman–Crippen MR) is 169 cm³/mol. The summed E-state index contributed by atoms with van der Waals surface area (Å²) in [4.78, 5) is 47.3. The number of hydrogen-bond acceptors (Lipinski definition) is 6. The normalized spacial score (nSPS) is 20.3. The second kappa shape index (κ2) is 16.1. The van der Waals surface area contributed by atoms with E-state index in [-0.39, 0.29) is 23.9 Å². The van der Waals surface area contributed by atoms with Crippen LogP contribution in [0.25, 0.3) is 0 Å². The van der Waals surface area contributed by atoms with Crippen LogP contribution in [0.5, 0.6) is 0 Å². The lowest BCUT2D eigenvalue weighted by molar-refractivity contribution is -0.127. The molecule has 1 unspecified atom stereocenters. The fraction of sp³-hybridized carbons (Fsp3) is 0.647. The van der Waals surface area contributed by atoms with Gasteiger partial charge in [-0.2, -0.15) is 0 Å². The topological polar surface area (TPSA) is 109 Å². The summed E-state index contributed by atoms with van der Waals surface area (Å²) in [6.07, 6.45) is 17.7. The minimum absolute atomic E-state index is 0.0874. The number of amides is 3. The molecule has 3 fully saturated rings. The number of aromatic nitrogens is 2. The standard InChI is InChI=1S/C34H50N6O4/c1-44-33(42)28-14-12-27(13-15-28)23-39-25-35-22-30(39)16-18-36-32(41)31-24-38(19-17-26-8-4-2-5-9-26)20-21-40(31)34(43)37-29-10-6-3-7-11-29/h12-15,22,25-26,29,31H,2-11,16-21,23-24H2,1H3,(H,36,41)(H,37,43). The van der Waals surface area contributed by atoms with Crippen LogP contribution in [0, 0.1) is 5.92 Å². The summed E-state index contributed by atoms with van der Waals surface area (Å²) >= 11 is 0. The lowest BCUT2D eigenvalue weighted by Gasteiger charge is -2.41. The molecule has 10 nitrogen and oxygen atoms in total. The minimum Gasteiger partial charge on any atom is -0.465 e. The van der Waals surface area contributed by atoms with Crippen LogP contribution in [0.1, 0.15) is 92.2 Å². The molecule has 5 rings (SSSR count). The molecule has 2 aliphatic carbocycles. The first kappa shape index (κ1) is 32.0. The van der Waals surface area contributed by atoms with E-state index in [0.29, 0.717) is 38.2 Å². The Morgan fingerprint density at radius 1 is 0.955 bits per heavy atom. The van der Waals surface area contributed by atoms with E-state index in [1.165, 1.54) is 52.1 Å². The highest BCUT2D eigenvalue weighted by Gasteiger charge is 2.36. The maximum Gasteiger partial charge on any atom is 0.337 e. The lowest BCUT2D eigenvalue weighted by Crippen LogP contribution is -2.63. The molecule has 2 heterocycles. The zero-order valence-electron chi connectivity index (χ0n) is 26.3. The van der Waals surface area contributed by atoms with Crippen LogP contribution in [0.4, 0.5) is 4.79 Å². The molecular formula is C34H50N6O4. The average molecular weight is 607 g/mol. The number of ether oxygens (including phenoxy) is 1. The van der Waals surface area contributed by atoms with E-state index >= 15 is 0 Å². The number of urea groups is 1. The maximum absolute atomic E-state index is 13.7. The molecule has 3 amide bonds. The van der Waals surface area contributed by atoms with Crippen molar-refractivity contribution >= 4 is 17.9 Å². The van der Waals surface area contributed by atoms with Gasteiger partial charge in [0, 0.05) is 57.1 Å². The molecule has 240 valence electrons. The van der Waals surface area contributed by atoms with Crippen LogP contribution in [-0.4, -0.2) is 89.2 Å². The van der Waals surface area contributed by atoms with Gasteiger partial charge in [0.2, 0.25) is 5.91 Å². The van der Waals surface area contributed by atoms with E-state index in [1.54, 1.807) is 23.4 Å². The molecule has 1 aromatic heterocycles. The van der Waals surface area contributed by atoms with E-state index in [4.69, 9.17) is 4.74 Å². The van der Waals surface area contributed by atoms with Gasteiger partial charge in [-0.15, -0.1) is 0 Å². The fourth-order valence-electron chi connectivity index (χ4n) is 7.05. The molecule has 44 heavy (non-hydrogen) atoms. The molecule has 10 heteroatoms. The van der Waals surface area contributed by atoms with E-state index in [9.17, 15) is 14.4 Å². The predicted octanol–water partition coefficient (Wildman–Crippen LogP) is 4.38. The number of benzene rings is 1. The van der Waals surface area contributed by atoms with Gasteiger partial charge in [0.05, 0.1) is 19.0 Å². The van der Waals surface area contributed by atoms with Crippen molar-refractivity contribution < 1.29 is 19.1 Å². The Morgan fingerprint density at radius 3 is 2.41 bits per heavy atom. The first-order valence-corrected chi connectivity index (χ1v) is 16.7. The van der Waals surface area contributed by atoms with Crippen molar-refractivity contribution in [3.05, 3.63) is 53.6 Å². The van der Waals surface area contributed by atoms with Crippen LogP contribution in [0.3, 0.4) is 0 Å². The highest BCUT2D eigenvalue weighted by molar-refractivity contribution is 5.89. The van der Waals surface area contributed by atoms with E-state index in [0.717, 1.165) is 55.9 Å². The van der Waals surface area contributed by atoms with Crippen LogP contribution < -0.4 is 10.6 Å². The quantitative estimate of drug-likeness (QED) is 0.368. The molecule has 1 atom stereocenters. The summed E-state index contributed by atoms with van der Waals surface area (Å²) in [5.74, 6) is 0.348. The van der Waals surface area contributed by atoms with Gasteiger partial charge in [0.15, 0.2) is 0 Å². The van der Waals surface area contributed by atoms with Crippen LogP contribution >= 0.6 is 0 Å². The Balaban J connectivity index is 1.16. The first-order chi connectivity index (χ1) is 21.5. The molecule has 3 aliphatic rings. The zero-order valence-corrected chi connectivity index (χ0v) is 26.3. The summed E-state index contributed by atoms with van der Waals surface area (Å²) in [5, 5.41) is 6.39. The molecule has 2 N–H and O–H groups in total. The van der Waals surface area contributed by atoms with Crippen LogP contribution in [0.2, 0.25) is 0 Å². The first-order valence-electron chi connectivity index (χ1n) is 16.7. The number of hydrogen-bond donors (Lipinski definition) is 2. The molecular weight excluding hydrogens is 556 g/mol. The van der Waals surface area contributed by atoms with Gasteiger partial charge >= 0.3 is 12.0 Å². The van der Waals surface area contributed by atoms with Gasteiger partial charge in [-0.3, -0.25) is 9.69 Å². The Kier molecular flexibility index (Phi) is 11.7. The summed E-state index contributed by atoms with van der Waals surface area (Å²) < 4.78 is 6.84. The molecule has 0 radical (unpaired) electrons. The van der Waals surface area contributed by atoms with Crippen LogP contribution in [-0.2, 0) is 22.5 Å². The third-order valence-electron chi connectivity index (χ3n) is 9.75. The van der Waals surface area contributed by atoms with Gasteiger partial charge in [-0.25, -0.2) is 14.6 Å². The summed E-state index contributed by atoms with van der Waals surface area (Å²) in [7, 11) is 1.37. The van der Waals surface area contributed by atoms with Crippen LogP contribution in [0.15, 0.2) is 36.8 Å². The van der Waals surface area contributed by atoms with Crippen molar-refractivity contribution in [2.24, 2.45) is 5.92 Å². The second-order valence-electron chi connectivity index (χ2n) is 12.8. The summed E-state index contributed by atoms with van der Waals surface area (Å²) in [5.41, 5.74) is 2.56. The largest absolute Gasteiger partial charge is 0.465 e. The maximum atomic E-state index is 13.7. The average Bonchev–Trinajstić information content (AvgIpc) is 3.50. The highest BCUT2D eigenvalue weighted by Crippen LogP contribution is 2.27. The number of nitrogens with one attached hydrogen (secondary N) is 2. The van der Waals surface area contributed by atoms with Crippen molar-refractivity contribution in [3.63, 3.8) is 0 Å². The number of rotatable bonds is 11. The molecule has 1 saturated heterocycles. The van der Waals surface area contributed by atoms with Gasteiger partial charge < -0.3 is 24.8 Å². The number of imidazole rings is 1. The fourth-order valence-corrected chi connectivity index (χ4v) is 7.05. The monoisotopic (exact) mass is 606 g/mol. The Morgan fingerprint density at radius 2 is 1.68 bits per heavy atom. The van der Waals surface area contributed by atoms with Crippen molar-refractivity contribution in [1.82, 2.24) is 30.0 Å². The van der Waals surface area contributed by atoms with E-state index in [1.807, 2.05) is 18.3 Å². The number of esters is 1. The van der Waals surface area contributed by atoms with Gasteiger partial charge in [-0.05, 0) is 49.4 Å². The SMILES string of the molecule is COC(=O)c1ccc(Cn2cncc2CCNC(=O)C2CN(CCC3CCCCC3)CCN2C(=O)NC2CCCCC2)cc1. The number of methoxy groups -OCH3 is 1. The second-order valence-corrected chi connectivity index (χ2v) is 12.8. The third-order valence-corrected chi connectivity index (χ3v) is 9.75. The molecule has 2 aromatic rings. The molecule has 1 aliphatic heterocycles. The molecule has 0 spiro atoms. The Bertz CT molecular complexity index is 1220. The van der Waals surface area contributed by atoms with Gasteiger partial charge in [-0.1, -0.05) is 63.5 Å². The van der Waals surface area contributed by atoms with Crippen molar-refractivity contribution in [3.8, 4) is 0 Å². The van der Waals surface area contributed by atoms with Crippen molar-refractivity contribution in [1.29, 1.82) is 0 Å². The molecule has 2 saturated carbocycles. The van der Waals surface area contributed by atoms with Crippen molar-refractivity contribution in [2.75, 3.05) is 39.8 Å². The van der Waals surface area contributed by atoms with E-state index in [2.05, 4.69) is 25.1 Å². The van der Waals surface area contributed by atoms with Crippen molar-refractivity contribution in [2.45, 2.75) is 95.7 Å². The third kappa shape index (κ3) is 8.83. The molecule has 1 aromatic carbocycles. The lowest BCUT2D eigenvalue weighted by atomic mass is 9.87. The smallest absolute Gasteiger partial charge is 0.337 e. The summed E-state index contributed by atoms with van der Waals surface area (Å²) in [6.45, 7) is 4.03. The Hall–Kier alpha value is -3.40. The minimum atomic E-state index is -0.503. The van der Waals surface area contributed by atoms with E-state index < -0.39 is 6.04 Å². The highest BCUT2D eigenvalue weighted by atomic mass is 16.5. The number of nitrogens with zero attached hydrogens (tertiary/aromatic N) is 4. The zero-order chi connectivity index (χ0) is 30.7. The molecule has 0 bridgehead atoms. The number of piperazine rings is 1. The van der Waals surface area contributed by atoms with Gasteiger partial charge in [0.1, 0.15) is 6.04 Å². The number of carbonyl (C=O) groups excluding carboxylic acids is 3. The number of carbonyl (C=O) groups is 3. The summed E-state index contributed by atoms with van der Waals surface area (Å²) in [6, 6.07) is 6.95. The van der Waals surface area contributed by atoms with Gasteiger partial charge in [0.25, 0.3) is 0 Å². The Labute approximate surface area is 261 Å².